The minimum atomic E-state index is -0.523. The number of hydrogen-bond donors (Lipinski definition) is 1. The molecule has 1 saturated heterocycles. The number of rotatable bonds is 7. The first-order valence-electron chi connectivity index (χ1n) is 9.67. The SMILES string of the molecule is CC(O)CCC[C@@]1(C)[C@H](OCc2ccccc2)CCCC12OCCO2. The van der Waals surface area contributed by atoms with Gasteiger partial charge in [0.2, 0.25) is 0 Å². The van der Waals surface area contributed by atoms with E-state index in [1.165, 1.54) is 5.56 Å². The lowest BCUT2D eigenvalue weighted by molar-refractivity contribution is -0.289. The third kappa shape index (κ3) is 4.08. The van der Waals surface area contributed by atoms with E-state index in [0.29, 0.717) is 19.8 Å². The van der Waals surface area contributed by atoms with Crippen molar-refractivity contribution in [2.75, 3.05) is 13.2 Å². The van der Waals surface area contributed by atoms with E-state index in [9.17, 15) is 5.11 Å². The molecule has 2 aliphatic rings. The lowest BCUT2D eigenvalue weighted by atomic mass is 9.65. The quantitative estimate of drug-likeness (QED) is 0.807. The molecule has 4 nitrogen and oxygen atoms in total. The zero-order valence-corrected chi connectivity index (χ0v) is 15.6. The highest BCUT2D eigenvalue weighted by molar-refractivity contribution is 5.13. The fourth-order valence-corrected chi connectivity index (χ4v) is 4.45. The van der Waals surface area contributed by atoms with Gasteiger partial charge in [0.25, 0.3) is 0 Å². The van der Waals surface area contributed by atoms with Crippen LogP contribution in [0.25, 0.3) is 0 Å². The molecule has 140 valence electrons. The second kappa shape index (κ2) is 8.17. The normalized spacial score (nSPS) is 29.8. The van der Waals surface area contributed by atoms with Crippen LogP contribution in [0.1, 0.15) is 57.9 Å². The van der Waals surface area contributed by atoms with Gasteiger partial charge in [-0.2, -0.15) is 0 Å². The van der Waals surface area contributed by atoms with Crippen molar-refractivity contribution in [1.29, 1.82) is 0 Å². The Hall–Kier alpha value is -0.940. The fourth-order valence-electron chi connectivity index (χ4n) is 4.45. The van der Waals surface area contributed by atoms with Crippen LogP contribution >= 0.6 is 0 Å². The Morgan fingerprint density at radius 2 is 1.96 bits per heavy atom. The molecule has 1 N–H and O–H groups in total. The number of aliphatic hydroxyl groups excluding tert-OH is 1. The van der Waals surface area contributed by atoms with E-state index in [2.05, 4.69) is 19.1 Å². The minimum absolute atomic E-state index is 0.105. The Morgan fingerprint density at radius 1 is 1.24 bits per heavy atom. The van der Waals surface area contributed by atoms with E-state index in [-0.39, 0.29) is 17.6 Å². The minimum Gasteiger partial charge on any atom is -0.393 e. The van der Waals surface area contributed by atoms with Gasteiger partial charge in [0, 0.05) is 11.8 Å². The van der Waals surface area contributed by atoms with E-state index in [1.54, 1.807) is 0 Å². The molecule has 1 aliphatic carbocycles. The van der Waals surface area contributed by atoms with Crippen LogP contribution in [-0.2, 0) is 20.8 Å². The maximum atomic E-state index is 9.65. The summed E-state index contributed by atoms with van der Waals surface area (Å²) in [6, 6.07) is 10.3. The van der Waals surface area contributed by atoms with Gasteiger partial charge in [-0.05, 0) is 38.2 Å². The summed E-state index contributed by atoms with van der Waals surface area (Å²) < 4.78 is 18.8. The first kappa shape index (κ1) is 18.8. The molecule has 1 heterocycles. The second-order valence-corrected chi connectivity index (χ2v) is 7.79. The van der Waals surface area contributed by atoms with Gasteiger partial charge in [-0.1, -0.05) is 43.7 Å². The summed E-state index contributed by atoms with van der Waals surface area (Å²) in [5.41, 5.74) is 1.01. The van der Waals surface area contributed by atoms with Gasteiger partial charge in [-0.15, -0.1) is 0 Å². The molecule has 25 heavy (non-hydrogen) atoms. The van der Waals surface area contributed by atoms with Gasteiger partial charge in [0.05, 0.1) is 32.0 Å². The molecule has 0 bridgehead atoms. The molecule has 0 amide bonds. The standard InChI is InChI=1S/C21H32O4/c1-17(22)8-6-12-20(2)19(23-16-18-9-4-3-5-10-18)11-7-13-21(20)24-14-15-25-21/h3-5,9-10,17,19,22H,6-8,11-16H2,1-2H3/t17?,19-,20+/m1/s1. The maximum Gasteiger partial charge on any atom is 0.176 e. The highest BCUT2D eigenvalue weighted by atomic mass is 16.7. The van der Waals surface area contributed by atoms with Gasteiger partial charge >= 0.3 is 0 Å². The van der Waals surface area contributed by atoms with Crippen LogP contribution in [-0.4, -0.2) is 36.3 Å². The van der Waals surface area contributed by atoms with Gasteiger partial charge < -0.3 is 19.3 Å². The maximum absolute atomic E-state index is 9.65. The molecule has 3 rings (SSSR count). The molecule has 0 radical (unpaired) electrons. The zero-order valence-electron chi connectivity index (χ0n) is 15.6. The number of hydrogen-bond acceptors (Lipinski definition) is 4. The summed E-state index contributed by atoms with van der Waals surface area (Å²) in [5, 5.41) is 9.65. The van der Waals surface area contributed by atoms with Crippen molar-refractivity contribution in [1.82, 2.24) is 0 Å². The van der Waals surface area contributed by atoms with E-state index in [4.69, 9.17) is 14.2 Å². The lowest BCUT2D eigenvalue weighted by Crippen LogP contribution is -2.57. The van der Waals surface area contributed by atoms with Crippen molar-refractivity contribution in [2.45, 2.75) is 77.0 Å². The Kier molecular flexibility index (Phi) is 6.16. The van der Waals surface area contributed by atoms with Crippen LogP contribution in [0.15, 0.2) is 30.3 Å². The molecule has 1 aromatic rings. The predicted molar refractivity (Wildman–Crippen MR) is 97.1 cm³/mol. The van der Waals surface area contributed by atoms with Crippen molar-refractivity contribution >= 4 is 0 Å². The molecule has 3 atom stereocenters. The summed E-state index contributed by atoms with van der Waals surface area (Å²) in [7, 11) is 0. The van der Waals surface area contributed by atoms with Crippen molar-refractivity contribution in [2.24, 2.45) is 5.41 Å². The molecule has 2 fully saturated rings. The number of benzene rings is 1. The Bertz CT molecular complexity index is 524. The van der Waals surface area contributed by atoms with E-state index in [1.807, 2.05) is 25.1 Å². The molecular formula is C21H32O4. The number of ether oxygens (including phenoxy) is 3. The zero-order chi connectivity index (χ0) is 17.8. The molecule has 4 heteroatoms. The smallest absolute Gasteiger partial charge is 0.176 e. The summed E-state index contributed by atoms with van der Waals surface area (Å²) in [4.78, 5) is 0. The summed E-state index contributed by atoms with van der Waals surface area (Å²) in [6.07, 6.45) is 5.56. The van der Waals surface area contributed by atoms with Gasteiger partial charge in [0.1, 0.15) is 0 Å². The Morgan fingerprint density at radius 3 is 2.64 bits per heavy atom. The van der Waals surface area contributed by atoms with Crippen LogP contribution in [0.5, 0.6) is 0 Å². The fraction of sp³-hybridized carbons (Fsp3) is 0.714. The average Bonchev–Trinajstić information content (AvgIpc) is 3.07. The van der Waals surface area contributed by atoms with Crippen LogP contribution in [0.2, 0.25) is 0 Å². The van der Waals surface area contributed by atoms with Crippen LogP contribution in [0.4, 0.5) is 0 Å². The molecule has 1 unspecified atom stereocenters. The van der Waals surface area contributed by atoms with Crippen molar-refractivity contribution in [3.05, 3.63) is 35.9 Å². The van der Waals surface area contributed by atoms with Crippen molar-refractivity contribution in [3.8, 4) is 0 Å². The van der Waals surface area contributed by atoms with Crippen LogP contribution in [0, 0.1) is 5.41 Å². The third-order valence-electron chi connectivity index (χ3n) is 5.92. The summed E-state index contributed by atoms with van der Waals surface area (Å²) >= 11 is 0. The molecule has 1 aromatic carbocycles. The molecule has 1 saturated carbocycles. The van der Waals surface area contributed by atoms with E-state index in [0.717, 1.165) is 38.5 Å². The Balaban J connectivity index is 1.73. The summed E-state index contributed by atoms with van der Waals surface area (Å²) in [5.74, 6) is -0.523. The summed E-state index contributed by atoms with van der Waals surface area (Å²) in [6.45, 7) is 6.06. The number of aliphatic hydroxyl groups is 1. The highest BCUT2D eigenvalue weighted by Gasteiger charge is 2.58. The first-order valence-corrected chi connectivity index (χ1v) is 9.67. The molecule has 0 aromatic heterocycles. The van der Waals surface area contributed by atoms with Gasteiger partial charge in [-0.3, -0.25) is 0 Å². The van der Waals surface area contributed by atoms with Crippen molar-refractivity contribution in [3.63, 3.8) is 0 Å². The topological polar surface area (TPSA) is 47.9 Å². The highest BCUT2D eigenvalue weighted by Crippen LogP contribution is 2.53. The molecule has 1 aliphatic heterocycles. The van der Waals surface area contributed by atoms with Gasteiger partial charge in [0.15, 0.2) is 5.79 Å². The predicted octanol–water partition coefficient (Wildman–Crippen LogP) is 4.06. The first-order chi connectivity index (χ1) is 12.1. The van der Waals surface area contributed by atoms with Crippen LogP contribution in [0.3, 0.4) is 0 Å². The second-order valence-electron chi connectivity index (χ2n) is 7.79. The van der Waals surface area contributed by atoms with Gasteiger partial charge in [-0.25, -0.2) is 0 Å². The Labute approximate surface area is 151 Å². The lowest BCUT2D eigenvalue weighted by Gasteiger charge is -2.52. The third-order valence-corrected chi connectivity index (χ3v) is 5.92. The van der Waals surface area contributed by atoms with E-state index >= 15 is 0 Å². The molecule has 1 spiro atoms. The largest absolute Gasteiger partial charge is 0.393 e. The van der Waals surface area contributed by atoms with E-state index < -0.39 is 5.79 Å². The monoisotopic (exact) mass is 348 g/mol. The molecular weight excluding hydrogens is 316 g/mol. The average molecular weight is 348 g/mol. The van der Waals surface area contributed by atoms with Crippen molar-refractivity contribution < 1.29 is 19.3 Å². The van der Waals surface area contributed by atoms with Crippen LogP contribution < -0.4 is 0 Å².